The summed E-state index contributed by atoms with van der Waals surface area (Å²) in [6, 6.07) is -0.837. The van der Waals surface area contributed by atoms with Crippen LogP contribution >= 0.6 is 0 Å². The Kier molecular flexibility index (Phi) is 6.11. The van der Waals surface area contributed by atoms with Gasteiger partial charge < -0.3 is 10.1 Å². The molecule has 9 nitrogen and oxygen atoms in total. The van der Waals surface area contributed by atoms with Crippen LogP contribution in [0.2, 0.25) is 0 Å². The Morgan fingerprint density at radius 2 is 1.68 bits per heavy atom. The van der Waals surface area contributed by atoms with Crippen LogP contribution in [0.1, 0.15) is 39.5 Å². The number of ether oxygens (including phenoxy) is 1. The molecule has 9 heteroatoms. The van der Waals surface area contributed by atoms with Crippen molar-refractivity contribution in [2.24, 2.45) is 11.8 Å². The lowest BCUT2D eigenvalue weighted by Gasteiger charge is -2.19. The van der Waals surface area contributed by atoms with E-state index in [2.05, 4.69) is 5.32 Å². The number of carbonyl (C=O) groups excluding carboxylic acids is 5. The minimum Gasteiger partial charge on any atom is -0.454 e. The Hall–Kier alpha value is -2.45. The standard InChI is InChI=1S/C16H23N3O6/c1-9(2)17-16(24)18-12(20)8-25-13(21)7-19-14(22)10-5-3-4-6-11(10)15(19)23/h9-11H,3-8H2,1-2H3,(H2,17,18,20,24)/t10-,11+. The third-order valence-electron chi connectivity index (χ3n) is 4.26. The van der Waals surface area contributed by atoms with Crippen molar-refractivity contribution in [1.82, 2.24) is 15.5 Å². The molecule has 0 unspecified atom stereocenters. The minimum absolute atomic E-state index is 0.147. The van der Waals surface area contributed by atoms with Crippen molar-refractivity contribution in [2.45, 2.75) is 45.6 Å². The van der Waals surface area contributed by atoms with Crippen LogP contribution in [-0.2, 0) is 23.9 Å². The van der Waals surface area contributed by atoms with Crippen LogP contribution in [0.5, 0.6) is 0 Å². The number of hydrogen-bond acceptors (Lipinski definition) is 6. The SMILES string of the molecule is CC(C)NC(=O)NC(=O)COC(=O)CN1C(=O)[C@H]2CCCC[C@H]2C1=O. The van der Waals surface area contributed by atoms with Crippen molar-refractivity contribution in [1.29, 1.82) is 0 Å². The number of nitrogens with one attached hydrogen (secondary N) is 2. The third kappa shape index (κ3) is 4.77. The molecule has 0 spiro atoms. The van der Waals surface area contributed by atoms with Gasteiger partial charge in [0, 0.05) is 6.04 Å². The van der Waals surface area contributed by atoms with E-state index < -0.39 is 31.1 Å². The quantitative estimate of drug-likeness (QED) is 0.527. The van der Waals surface area contributed by atoms with E-state index in [1.54, 1.807) is 13.8 Å². The van der Waals surface area contributed by atoms with Crippen molar-refractivity contribution >= 4 is 29.7 Å². The Morgan fingerprint density at radius 3 is 2.20 bits per heavy atom. The molecule has 0 aromatic carbocycles. The summed E-state index contributed by atoms with van der Waals surface area (Å²) in [6.07, 6.45) is 3.12. The highest BCUT2D eigenvalue weighted by atomic mass is 16.5. The third-order valence-corrected chi connectivity index (χ3v) is 4.26. The van der Waals surface area contributed by atoms with Gasteiger partial charge in [0.05, 0.1) is 11.8 Å². The van der Waals surface area contributed by atoms with E-state index in [4.69, 9.17) is 4.74 Å². The fraction of sp³-hybridized carbons (Fsp3) is 0.688. The fourth-order valence-corrected chi connectivity index (χ4v) is 3.17. The average Bonchev–Trinajstić information content (AvgIpc) is 2.77. The first kappa shape index (κ1) is 18.9. The zero-order chi connectivity index (χ0) is 18.6. The van der Waals surface area contributed by atoms with E-state index in [0.717, 1.165) is 17.7 Å². The maximum absolute atomic E-state index is 12.2. The Bertz CT molecular complexity index is 564. The van der Waals surface area contributed by atoms with Crippen molar-refractivity contribution in [2.75, 3.05) is 13.2 Å². The van der Waals surface area contributed by atoms with Crippen LogP contribution in [0.3, 0.4) is 0 Å². The van der Waals surface area contributed by atoms with Gasteiger partial charge in [0.1, 0.15) is 6.54 Å². The summed E-state index contributed by atoms with van der Waals surface area (Å²) in [5.41, 5.74) is 0. The van der Waals surface area contributed by atoms with Crippen LogP contribution in [0.25, 0.3) is 0 Å². The molecule has 138 valence electrons. The topological polar surface area (TPSA) is 122 Å². The Labute approximate surface area is 145 Å². The van der Waals surface area contributed by atoms with Crippen molar-refractivity contribution in [3.8, 4) is 0 Å². The minimum atomic E-state index is -0.861. The molecule has 2 aliphatic rings. The second kappa shape index (κ2) is 8.09. The molecule has 1 saturated heterocycles. The van der Waals surface area contributed by atoms with E-state index in [-0.39, 0.29) is 29.7 Å². The van der Waals surface area contributed by atoms with Gasteiger partial charge in [0.15, 0.2) is 6.61 Å². The number of urea groups is 1. The molecule has 1 heterocycles. The van der Waals surface area contributed by atoms with Gasteiger partial charge in [-0.1, -0.05) is 12.8 Å². The van der Waals surface area contributed by atoms with Gasteiger partial charge >= 0.3 is 12.0 Å². The monoisotopic (exact) mass is 353 g/mol. The molecule has 2 fully saturated rings. The summed E-state index contributed by atoms with van der Waals surface area (Å²) in [6.45, 7) is 2.29. The van der Waals surface area contributed by atoms with Gasteiger partial charge in [-0.15, -0.1) is 0 Å². The molecule has 2 atom stereocenters. The maximum atomic E-state index is 12.2. The largest absolute Gasteiger partial charge is 0.454 e. The lowest BCUT2D eigenvalue weighted by Crippen LogP contribution is -2.44. The molecule has 0 aromatic heterocycles. The van der Waals surface area contributed by atoms with E-state index >= 15 is 0 Å². The van der Waals surface area contributed by atoms with E-state index in [9.17, 15) is 24.0 Å². The average molecular weight is 353 g/mol. The Balaban J connectivity index is 1.78. The van der Waals surface area contributed by atoms with Crippen molar-refractivity contribution in [3.63, 3.8) is 0 Å². The van der Waals surface area contributed by atoms with Gasteiger partial charge in [-0.25, -0.2) is 4.79 Å². The second-order valence-electron chi connectivity index (χ2n) is 6.60. The van der Waals surface area contributed by atoms with Crippen LogP contribution in [0, 0.1) is 11.8 Å². The lowest BCUT2D eigenvalue weighted by atomic mass is 9.81. The number of imide groups is 2. The zero-order valence-corrected chi connectivity index (χ0v) is 14.4. The molecule has 0 bridgehead atoms. The molecule has 25 heavy (non-hydrogen) atoms. The molecule has 0 aromatic rings. The number of nitrogens with zero attached hydrogens (tertiary/aromatic N) is 1. The van der Waals surface area contributed by atoms with Crippen LogP contribution in [0.15, 0.2) is 0 Å². The summed E-state index contributed by atoms with van der Waals surface area (Å²) in [5.74, 6) is -3.01. The summed E-state index contributed by atoms with van der Waals surface area (Å²) < 4.78 is 4.74. The number of fused-ring (bicyclic) bond motifs is 1. The zero-order valence-electron chi connectivity index (χ0n) is 14.4. The second-order valence-corrected chi connectivity index (χ2v) is 6.60. The molecule has 2 N–H and O–H groups in total. The fourth-order valence-electron chi connectivity index (χ4n) is 3.17. The van der Waals surface area contributed by atoms with Crippen LogP contribution in [-0.4, -0.2) is 53.8 Å². The highest BCUT2D eigenvalue weighted by Gasteiger charge is 2.48. The molecule has 1 saturated carbocycles. The first-order chi connectivity index (χ1) is 11.8. The predicted molar refractivity (Wildman–Crippen MR) is 84.9 cm³/mol. The number of esters is 1. The molecular formula is C16H23N3O6. The van der Waals surface area contributed by atoms with E-state index in [0.29, 0.717) is 12.8 Å². The highest BCUT2D eigenvalue weighted by Crippen LogP contribution is 2.37. The molecule has 5 amide bonds. The predicted octanol–water partition coefficient (Wildman–Crippen LogP) is -0.0610. The van der Waals surface area contributed by atoms with Gasteiger partial charge in [0.2, 0.25) is 11.8 Å². The number of rotatable bonds is 5. The normalized spacial score (nSPS) is 22.6. The van der Waals surface area contributed by atoms with Crippen LogP contribution < -0.4 is 10.6 Å². The van der Waals surface area contributed by atoms with E-state index in [1.807, 2.05) is 5.32 Å². The van der Waals surface area contributed by atoms with Crippen molar-refractivity contribution < 1.29 is 28.7 Å². The smallest absolute Gasteiger partial charge is 0.326 e. The summed E-state index contributed by atoms with van der Waals surface area (Å²) in [5, 5.41) is 4.46. The highest BCUT2D eigenvalue weighted by molar-refractivity contribution is 6.07. The summed E-state index contributed by atoms with van der Waals surface area (Å²) in [7, 11) is 0. The van der Waals surface area contributed by atoms with Crippen LogP contribution in [0.4, 0.5) is 4.79 Å². The van der Waals surface area contributed by atoms with Gasteiger partial charge in [-0.3, -0.25) is 29.4 Å². The maximum Gasteiger partial charge on any atom is 0.326 e. The van der Waals surface area contributed by atoms with Gasteiger partial charge in [-0.2, -0.15) is 0 Å². The van der Waals surface area contributed by atoms with Crippen molar-refractivity contribution in [3.05, 3.63) is 0 Å². The number of hydrogen-bond donors (Lipinski definition) is 2. The number of amides is 5. The summed E-state index contributed by atoms with van der Waals surface area (Å²) in [4.78, 5) is 60.1. The molecule has 1 aliphatic heterocycles. The first-order valence-electron chi connectivity index (χ1n) is 8.40. The molecule has 2 rings (SSSR count). The number of carbonyl (C=O) groups is 5. The van der Waals surface area contributed by atoms with Gasteiger partial charge in [0.25, 0.3) is 5.91 Å². The lowest BCUT2D eigenvalue weighted by molar-refractivity contribution is -0.154. The number of likely N-dealkylation sites (tertiary alicyclic amines) is 1. The molecular weight excluding hydrogens is 330 g/mol. The molecule has 0 radical (unpaired) electrons. The molecule has 1 aliphatic carbocycles. The van der Waals surface area contributed by atoms with E-state index in [1.165, 1.54) is 0 Å². The summed E-state index contributed by atoms with van der Waals surface area (Å²) >= 11 is 0. The first-order valence-corrected chi connectivity index (χ1v) is 8.40. The van der Waals surface area contributed by atoms with Gasteiger partial charge in [-0.05, 0) is 26.7 Å². The Morgan fingerprint density at radius 1 is 1.12 bits per heavy atom.